The lowest BCUT2D eigenvalue weighted by Crippen LogP contribution is -2.20. The van der Waals surface area contributed by atoms with Gasteiger partial charge in [0.15, 0.2) is 6.61 Å². The van der Waals surface area contributed by atoms with Gasteiger partial charge in [0.1, 0.15) is 6.61 Å². The molecule has 0 bridgehead atoms. The first kappa shape index (κ1) is 9.22. The highest BCUT2D eigenvalue weighted by Gasteiger charge is 2.28. The van der Waals surface area contributed by atoms with Crippen LogP contribution in [-0.2, 0) is 9.53 Å². The minimum absolute atomic E-state index is 0.391. The van der Waals surface area contributed by atoms with Crippen LogP contribution in [0.2, 0.25) is 0 Å². The number of amides is 1. The van der Waals surface area contributed by atoms with Crippen LogP contribution in [0.1, 0.15) is 0 Å². The number of alkyl halides is 3. The molecule has 59 valence electrons. The Balaban J connectivity index is 3.29. The van der Waals surface area contributed by atoms with Crippen LogP contribution in [0.3, 0.4) is 0 Å². The molecule has 6 heteroatoms. The molecule has 0 rings (SSSR count). The van der Waals surface area contributed by atoms with Crippen LogP contribution < -0.4 is 5.73 Å². The minimum atomic E-state index is -4.52. The quantitative estimate of drug-likeness (QED) is 0.635. The molecule has 0 aromatic rings. The van der Waals surface area contributed by atoms with Crippen molar-refractivity contribution in [3.05, 3.63) is 6.61 Å². The van der Waals surface area contributed by atoms with Crippen LogP contribution in [0.15, 0.2) is 0 Å². The molecule has 0 aliphatic heterocycles. The maximum Gasteiger partial charge on any atom is 0.417 e. The average molecular weight is 156 g/mol. The third kappa shape index (κ3) is 7.22. The zero-order valence-corrected chi connectivity index (χ0v) is 4.81. The number of nitrogens with two attached hydrogens (primary N) is 1. The molecule has 1 amide bonds. The first-order valence-electron chi connectivity index (χ1n) is 2.23. The first-order chi connectivity index (χ1) is 4.42. The number of hydrogen-bond donors (Lipinski definition) is 1. The van der Waals surface area contributed by atoms with E-state index in [1.54, 1.807) is 0 Å². The Morgan fingerprint density at radius 2 is 2.10 bits per heavy atom. The van der Waals surface area contributed by atoms with E-state index in [4.69, 9.17) is 0 Å². The van der Waals surface area contributed by atoms with Crippen molar-refractivity contribution < 1.29 is 22.7 Å². The van der Waals surface area contributed by atoms with Crippen LogP contribution in [0.5, 0.6) is 0 Å². The van der Waals surface area contributed by atoms with Gasteiger partial charge in [0.2, 0.25) is 5.91 Å². The second-order valence-corrected chi connectivity index (χ2v) is 1.44. The lowest BCUT2D eigenvalue weighted by atomic mass is 10.6. The van der Waals surface area contributed by atoms with Gasteiger partial charge in [-0.3, -0.25) is 4.79 Å². The van der Waals surface area contributed by atoms with Gasteiger partial charge >= 0.3 is 6.18 Å². The van der Waals surface area contributed by atoms with Crippen LogP contribution in [0.4, 0.5) is 13.2 Å². The molecule has 0 aliphatic rings. The number of carbonyl (C=O) groups is 1. The van der Waals surface area contributed by atoms with Crippen LogP contribution in [0, 0.1) is 6.61 Å². The molecule has 0 spiro atoms. The summed E-state index contributed by atoms with van der Waals surface area (Å²) in [5.41, 5.74) is 4.47. The number of hydrogen-bond acceptors (Lipinski definition) is 2. The number of rotatable bonds is 3. The largest absolute Gasteiger partial charge is 0.417 e. The third-order valence-electron chi connectivity index (χ3n) is 0.443. The summed E-state index contributed by atoms with van der Waals surface area (Å²) in [6, 6.07) is 0. The third-order valence-corrected chi connectivity index (χ3v) is 0.443. The molecule has 0 saturated carbocycles. The molecule has 0 saturated heterocycles. The molecule has 0 heterocycles. The molecule has 0 atom stereocenters. The number of carbonyl (C=O) groups excluding carboxylic acids is 1. The van der Waals surface area contributed by atoms with Gasteiger partial charge in [0.05, 0.1) is 0 Å². The van der Waals surface area contributed by atoms with Crippen molar-refractivity contribution >= 4 is 5.91 Å². The molecule has 2 N–H and O–H groups in total. The Morgan fingerprint density at radius 1 is 1.60 bits per heavy atom. The average Bonchev–Trinajstić information content (AvgIpc) is 1.59. The van der Waals surface area contributed by atoms with Crippen molar-refractivity contribution in [2.75, 3.05) is 6.61 Å². The molecule has 0 fully saturated rings. The van der Waals surface area contributed by atoms with Crippen molar-refractivity contribution in [3.63, 3.8) is 0 Å². The van der Waals surface area contributed by atoms with Crippen molar-refractivity contribution in [2.24, 2.45) is 5.73 Å². The van der Waals surface area contributed by atoms with Crippen molar-refractivity contribution in [3.8, 4) is 0 Å². The van der Waals surface area contributed by atoms with Gasteiger partial charge in [-0.1, -0.05) is 0 Å². The fourth-order valence-electron chi connectivity index (χ4n) is 0.218. The molecular formula is C4H5F3NO2. The smallest absolute Gasteiger partial charge is 0.368 e. The Labute approximate surface area is 54.9 Å². The van der Waals surface area contributed by atoms with Gasteiger partial charge in [-0.15, -0.1) is 0 Å². The molecule has 0 aliphatic carbocycles. The van der Waals surface area contributed by atoms with E-state index in [2.05, 4.69) is 10.5 Å². The van der Waals surface area contributed by atoms with Crippen LogP contribution in [0.25, 0.3) is 0 Å². The summed E-state index contributed by atoms with van der Waals surface area (Å²) < 4.78 is 37.3. The van der Waals surface area contributed by atoms with Crippen molar-refractivity contribution in [2.45, 2.75) is 6.18 Å². The van der Waals surface area contributed by atoms with Crippen LogP contribution in [-0.4, -0.2) is 18.7 Å². The van der Waals surface area contributed by atoms with Crippen molar-refractivity contribution in [1.29, 1.82) is 0 Å². The van der Waals surface area contributed by atoms with Gasteiger partial charge < -0.3 is 10.5 Å². The predicted molar refractivity (Wildman–Crippen MR) is 25.5 cm³/mol. The zero-order chi connectivity index (χ0) is 8.20. The highest BCUT2D eigenvalue weighted by Crippen LogP contribution is 2.18. The van der Waals surface area contributed by atoms with E-state index in [9.17, 15) is 18.0 Å². The maximum absolute atomic E-state index is 11.2. The molecule has 3 nitrogen and oxygen atoms in total. The Morgan fingerprint density at radius 3 is 2.40 bits per heavy atom. The fraction of sp³-hybridized carbons (Fsp3) is 0.500. The molecule has 0 unspecified atom stereocenters. The SMILES string of the molecule is NC(=O)CO[CH]C(F)(F)F. The fourth-order valence-corrected chi connectivity index (χ4v) is 0.218. The summed E-state index contributed by atoms with van der Waals surface area (Å²) in [6.07, 6.45) is -4.52. The maximum atomic E-state index is 11.2. The van der Waals surface area contributed by atoms with Gasteiger partial charge in [-0.2, -0.15) is 13.2 Å². The van der Waals surface area contributed by atoms with E-state index >= 15 is 0 Å². The Bertz CT molecular complexity index is 122. The highest BCUT2D eigenvalue weighted by atomic mass is 19.4. The van der Waals surface area contributed by atoms with Gasteiger partial charge in [-0.25, -0.2) is 0 Å². The molecule has 0 aromatic heterocycles. The molecule has 0 aromatic carbocycles. The van der Waals surface area contributed by atoms with E-state index in [-0.39, 0.29) is 0 Å². The number of halogens is 3. The van der Waals surface area contributed by atoms with E-state index in [1.165, 1.54) is 0 Å². The summed E-state index contributed by atoms with van der Waals surface area (Å²) in [6.45, 7) is -1.14. The first-order valence-corrected chi connectivity index (χ1v) is 2.23. The predicted octanol–water partition coefficient (Wildman–Crippen LogP) is 0.212. The number of primary amides is 1. The lowest BCUT2D eigenvalue weighted by Gasteiger charge is -2.03. The standard InChI is InChI=1S/C4H5F3NO2/c5-4(6,7)2-10-1-3(8)9/h2H,1H2,(H2,8,9). The summed E-state index contributed by atoms with van der Waals surface area (Å²) in [5.74, 6) is -0.944. The molecular weight excluding hydrogens is 151 g/mol. The van der Waals surface area contributed by atoms with Crippen LogP contribution >= 0.6 is 0 Å². The van der Waals surface area contributed by atoms with Crippen molar-refractivity contribution in [1.82, 2.24) is 0 Å². The highest BCUT2D eigenvalue weighted by molar-refractivity contribution is 5.75. The van der Waals surface area contributed by atoms with Gasteiger partial charge in [0.25, 0.3) is 0 Å². The topological polar surface area (TPSA) is 52.3 Å². The second kappa shape index (κ2) is 3.40. The lowest BCUT2D eigenvalue weighted by molar-refractivity contribution is -0.143. The van der Waals surface area contributed by atoms with Gasteiger partial charge in [-0.05, 0) is 0 Å². The monoisotopic (exact) mass is 156 g/mol. The normalized spacial score (nSPS) is 11.5. The number of ether oxygens (including phenoxy) is 1. The summed E-state index contributed by atoms with van der Waals surface area (Å²) in [4.78, 5) is 9.80. The second-order valence-electron chi connectivity index (χ2n) is 1.44. The Hall–Kier alpha value is -0.780. The summed E-state index contributed by atoms with van der Waals surface area (Å²) in [7, 11) is 0. The van der Waals surface area contributed by atoms with E-state index < -0.39 is 25.3 Å². The van der Waals surface area contributed by atoms with E-state index in [0.717, 1.165) is 0 Å². The van der Waals surface area contributed by atoms with E-state index in [1.807, 2.05) is 0 Å². The van der Waals surface area contributed by atoms with E-state index in [0.29, 0.717) is 0 Å². The minimum Gasteiger partial charge on any atom is -0.368 e. The Kier molecular flexibility index (Phi) is 3.14. The molecule has 10 heavy (non-hydrogen) atoms. The van der Waals surface area contributed by atoms with Gasteiger partial charge in [0, 0.05) is 0 Å². The summed E-state index contributed by atoms with van der Waals surface area (Å²) >= 11 is 0. The summed E-state index contributed by atoms with van der Waals surface area (Å²) in [5, 5.41) is 0. The zero-order valence-electron chi connectivity index (χ0n) is 4.81. The molecule has 1 radical (unpaired) electrons.